The van der Waals surface area contributed by atoms with Gasteiger partial charge in [-0.2, -0.15) is 0 Å². The van der Waals surface area contributed by atoms with E-state index in [2.05, 4.69) is 5.32 Å². The zero-order chi connectivity index (χ0) is 7.94. The molecule has 0 atom stereocenters. The van der Waals surface area contributed by atoms with Crippen molar-refractivity contribution in [3.05, 3.63) is 0 Å². The largest absolute Gasteiger partial charge is 0.378 e. The summed E-state index contributed by atoms with van der Waals surface area (Å²) in [5, 5.41) is 3.26. The molecule has 1 saturated heterocycles. The molecule has 3 heteroatoms. The number of piperidine rings is 1. The first-order valence-electron chi connectivity index (χ1n) is 4.19. The van der Waals surface area contributed by atoms with E-state index in [-0.39, 0.29) is 0 Å². The lowest BCUT2D eigenvalue weighted by Crippen LogP contribution is -2.32. The highest BCUT2D eigenvalue weighted by atomic mass is 16.5. The second-order valence-corrected chi connectivity index (χ2v) is 2.78. The molecule has 0 aromatic carbocycles. The van der Waals surface area contributed by atoms with Gasteiger partial charge in [-0.1, -0.05) is 0 Å². The molecule has 0 unspecified atom stereocenters. The summed E-state index contributed by atoms with van der Waals surface area (Å²) in [6, 6.07) is 0. The fourth-order valence-corrected chi connectivity index (χ4v) is 1.24. The van der Waals surface area contributed by atoms with Gasteiger partial charge in [-0.3, -0.25) is 0 Å². The van der Waals surface area contributed by atoms with Gasteiger partial charge >= 0.3 is 0 Å². The Kier molecular flexibility index (Phi) is 4.16. The number of hydrogen-bond donors (Lipinski definition) is 1. The van der Waals surface area contributed by atoms with Crippen LogP contribution >= 0.6 is 0 Å². The van der Waals surface area contributed by atoms with Gasteiger partial charge in [0.15, 0.2) is 0 Å². The molecule has 1 fully saturated rings. The third kappa shape index (κ3) is 3.49. The van der Waals surface area contributed by atoms with Crippen molar-refractivity contribution in [2.75, 3.05) is 19.7 Å². The van der Waals surface area contributed by atoms with Crippen molar-refractivity contribution in [2.24, 2.45) is 0 Å². The van der Waals surface area contributed by atoms with Crippen LogP contribution in [0.1, 0.15) is 19.3 Å². The number of rotatable bonds is 4. The zero-order valence-electron chi connectivity index (χ0n) is 6.71. The van der Waals surface area contributed by atoms with Crippen LogP contribution in [-0.2, 0) is 9.53 Å². The van der Waals surface area contributed by atoms with Crippen molar-refractivity contribution in [1.82, 2.24) is 5.32 Å². The molecule has 1 N–H and O–H groups in total. The van der Waals surface area contributed by atoms with Crippen LogP contribution in [-0.4, -0.2) is 32.1 Å². The van der Waals surface area contributed by atoms with Gasteiger partial charge in [-0.15, -0.1) is 0 Å². The van der Waals surface area contributed by atoms with Gasteiger partial charge in [-0.05, 0) is 25.9 Å². The van der Waals surface area contributed by atoms with Crippen molar-refractivity contribution in [2.45, 2.75) is 25.4 Å². The summed E-state index contributed by atoms with van der Waals surface area (Å²) in [5.74, 6) is 0. The van der Waals surface area contributed by atoms with Crippen LogP contribution in [0.3, 0.4) is 0 Å². The molecular weight excluding hydrogens is 142 g/mol. The summed E-state index contributed by atoms with van der Waals surface area (Å²) in [4.78, 5) is 9.95. The van der Waals surface area contributed by atoms with E-state index in [0.29, 0.717) is 19.1 Å². The van der Waals surface area contributed by atoms with Crippen LogP contribution in [0.25, 0.3) is 0 Å². The topological polar surface area (TPSA) is 38.3 Å². The fraction of sp³-hybridized carbons (Fsp3) is 0.875. The van der Waals surface area contributed by atoms with Gasteiger partial charge in [-0.25, -0.2) is 0 Å². The minimum absolute atomic E-state index is 0.385. The Morgan fingerprint density at radius 1 is 1.45 bits per heavy atom. The Hall–Kier alpha value is -0.410. The van der Waals surface area contributed by atoms with Gasteiger partial charge in [0, 0.05) is 6.42 Å². The molecule has 0 radical (unpaired) electrons. The smallest absolute Gasteiger partial charge is 0.122 e. The minimum atomic E-state index is 0.385. The van der Waals surface area contributed by atoms with Crippen molar-refractivity contribution in [3.8, 4) is 0 Å². The zero-order valence-corrected chi connectivity index (χ0v) is 6.71. The Balaban J connectivity index is 2.00. The maximum absolute atomic E-state index is 9.95. The highest BCUT2D eigenvalue weighted by Crippen LogP contribution is 2.06. The van der Waals surface area contributed by atoms with E-state index in [1.165, 1.54) is 0 Å². The quantitative estimate of drug-likeness (QED) is 0.472. The summed E-state index contributed by atoms with van der Waals surface area (Å²) < 4.78 is 5.45. The molecule has 0 aliphatic carbocycles. The molecule has 0 bridgehead atoms. The van der Waals surface area contributed by atoms with E-state index < -0.39 is 0 Å². The fourth-order valence-electron chi connectivity index (χ4n) is 1.24. The third-order valence-electron chi connectivity index (χ3n) is 1.88. The molecule has 11 heavy (non-hydrogen) atoms. The summed E-state index contributed by atoms with van der Waals surface area (Å²) in [6.07, 6.45) is 3.99. The van der Waals surface area contributed by atoms with Crippen molar-refractivity contribution in [3.63, 3.8) is 0 Å². The minimum Gasteiger partial charge on any atom is -0.378 e. The van der Waals surface area contributed by atoms with Crippen LogP contribution in [0.15, 0.2) is 0 Å². The van der Waals surface area contributed by atoms with Crippen LogP contribution < -0.4 is 5.32 Å². The van der Waals surface area contributed by atoms with Crippen LogP contribution in [0.5, 0.6) is 0 Å². The van der Waals surface area contributed by atoms with E-state index in [1.54, 1.807) is 0 Å². The molecule has 0 aromatic heterocycles. The SMILES string of the molecule is O=CCCOC1CCNCC1. The van der Waals surface area contributed by atoms with Crippen molar-refractivity contribution >= 4 is 6.29 Å². The lowest BCUT2D eigenvalue weighted by atomic mass is 10.1. The normalized spacial score (nSPS) is 20.0. The monoisotopic (exact) mass is 157 g/mol. The first-order valence-corrected chi connectivity index (χ1v) is 4.19. The maximum atomic E-state index is 9.95. The van der Waals surface area contributed by atoms with E-state index in [1.807, 2.05) is 0 Å². The third-order valence-corrected chi connectivity index (χ3v) is 1.88. The second-order valence-electron chi connectivity index (χ2n) is 2.78. The Bertz CT molecular complexity index is 111. The summed E-state index contributed by atoms with van der Waals surface area (Å²) >= 11 is 0. The van der Waals surface area contributed by atoms with E-state index in [0.717, 1.165) is 32.2 Å². The molecular formula is C8H15NO2. The number of aldehydes is 1. The van der Waals surface area contributed by atoms with Crippen LogP contribution in [0.2, 0.25) is 0 Å². The van der Waals surface area contributed by atoms with Gasteiger partial charge in [0.05, 0.1) is 12.7 Å². The molecule has 3 nitrogen and oxygen atoms in total. The number of carbonyl (C=O) groups excluding carboxylic acids is 1. The average Bonchev–Trinajstić information content (AvgIpc) is 2.07. The predicted molar refractivity (Wildman–Crippen MR) is 42.5 cm³/mol. The van der Waals surface area contributed by atoms with Gasteiger partial charge in [0.2, 0.25) is 0 Å². The average molecular weight is 157 g/mol. The molecule has 0 spiro atoms. The van der Waals surface area contributed by atoms with Crippen molar-refractivity contribution in [1.29, 1.82) is 0 Å². The lowest BCUT2D eigenvalue weighted by molar-refractivity contribution is -0.109. The molecule has 1 rings (SSSR count). The lowest BCUT2D eigenvalue weighted by Gasteiger charge is -2.22. The second kappa shape index (κ2) is 5.27. The molecule has 0 amide bonds. The number of hydrogen-bond acceptors (Lipinski definition) is 3. The highest BCUT2D eigenvalue weighted by Gasteiger charge is 2.11. The Morgan fingerprint density at radius 3 is 2.82 bits per heavy atom. The van der Waals surface area contributed by atoms with Gasteiger partial charge < -0.3 is 14.8 Å². The summed E-state index contributed by atoms with van der Waals surface area (Å²) in [6.45, 7) is 2.69. The maximum Gasteiger partial charge on any atom is 0.122 e. The number of carbonyl (C=O) groups is 1. The summed E-state index contributed by atoms with van der Waals surface area (Å²) in [5.41, 5.74) is 0. The van der Waals surface area contributed by atoms with Crippen LogP contribution in [0, 0.1) is 0 Å². The summed E-state index contributed by atoms with van der Waals surface area (Å²) in [7, 11) is 0. The van der Waals surface area contributed by atoms with Crippen LogP contribution in [0.4, 0.5) is 0 Å². The van der Waals surface area contributed by atoms with E-state index in [4.69, 9.17) is 4.74 Å². The van der Waals surface area contributed by atoms with Gasteiger partial charge in [0.25, 0.3) is 0 Å². The number of ether oxygens (including phenoxy) is 1. The highest BCUT2D eigenvalue weighted by molar-refractivity contribution is 5.49. The molecule has 0 saturated carbocycles. The molecule has 1 aliphatic rings. The molecule has 1 heterocycles. The predicted octanol–water partition coefficient (Wildman–Crippen LogP) is 0.344. The van der Waals surface area contributed by atoms with Crippen molar-refractivity contribution < 1.29 is 9.53 Å². The molecule has 0 aromatic rings. The van der Waals surface area contributed by atoms with Gasteiger partial charge in [0.1, 0.15) is 6.29 Å². The standard InChI is InChI=1S/C8H15NO2/c10-6-1-7-11-8-2-4-9-5-3-8/h6,8-9H,1-5,7H2. The Labute approximate surface area is 67.1 Å². The number of nitrogens with one attached hydrogen (secondary N) is 1. The Morgan fingerprint density at radius 2 is 2.18 bits per heavy atom. The van der Waals surface area contributed by atoms with E-state index >= 15 is 0 Å². The molecule has 64 valence electrons. The van der Waals surface area contributed by atoms with E-state index in [9.17, 15) is 4.79 Å². The first-order chi connectivity index (χ1) is 5.43. The molecule has 1 aliphatic heterocycles. The first kappa shape index (κ1) is 8.68.